The van der Waals surface area contributed by atoms with Crippen molar-refractivity contribution in [3.05, 3.63) is 51.9 Å². The summed E-state index contributed by atoms with van der Waals surface area (Å²) in [6.45, 7) is 3.85. The molecule has 0 radical (unpaired) electrons. The number of rotatable bonds is 5. The molecule has 1 aromatic heterocycles. The van der Waals surface area contributed by atoms with Crippen molar-refractivity contribution in [2.45, 2.75) is 13.8 Å². The fourth-order valence-corrected chi connectivity index (χ4v) is 1.94. The first kappa shape index (κ1) is 15.3. The van der Waals surface area contributed by atoms with Crippen LogP contribution in [0.5, 0.6) is 5.75 Å². The molecule has 0 atom stereocenters. The van der Waals surface area contributed by atoms with Crippen molar-refractivity contribution in [2.24, 2.45) is 5.10 Å². The third-order valence-corrected chi connectivity index (χ3v) is 3.31. The van der Waals surface area contributed by atoms with Crippen molar-refractivity contribution in [3.63, 3.8) is 0 Å². The van der Waals surface area contributed by atoms with Crippen molar-refractivity contribution in [1.82, 2.24) is 5.43 Å². The van der Waals surface area contributed by atoms with Gasteiger partial charge in [0.2, 0.25) is 0 Å². The smallest absolute Gasteiger partial charge is 0.277 e. The zero-order chi connectivity index (χ0) is 15.2. The second-order valence-corrected chi connectivity index (χ2v) is 5.20. The number of aryl methyl sites for hydroxylation is 1. The molecular formula is C15H15BrN2O3. The number of nitrogens with zero attached hydrogens (tertiary/aromatic N) is 1. The molecule has 0 spiro atoms. The highest BCUT2D eigenvalue weighted by Crippen LogP contribution is 2.20. The number of carbonyl (C=O) groups is 1. The minimum atomic E-state index is -0.335. The van der Waals surface area contributed by atoms with Crippen molar-refractivity contribution >= 4 is 28.1 Å². The highest BCUT2D eigenvalue weighted by molar-refractivity contribution is 9.10. The van der Waals surface area contributed by atoms with Gasteiger partial charge >= 0.3 is 0 Å². The van der Waals surface area contributed by atoms with Gasteiger partial charge in [-0.2, -0.15) is 5.10 Å². The van der Waals surface area contributed by atoms with Crippen LogP contribution in [0.1, 0.15) is 16.9 Å². The molecule has 0 unspecified atom stereocenters. The molecule has 0 aliphatic rings. The van der Waals surface area contributed by atoms with E-state index in [2.05, 4.69) is 26.5 Å². The first-order valence-electron chi connectivity index (χ1n) is 6.32. The predicted molar refractivity (Wildman–Crippen MR) is 83.6 cm³/mol. The standard InChI is InChI=1S/C15H15BrN2O3/c1-10-4-3-5-13(11(10)2)20-9-15(19)18-17-8-12-6-7-14(16)21-12/h3-8H,9H2,1-2H3,(H,18,19). The van der Waals surface area contributed by atoms with Crippen molar-refractivity contribution in [2.75, 3.05) is 6.61 Å². The summed E-state index contributed by atoms with van der Waals surface area (Å²) in [5, 5.41) is 3.79. The molecule has 21 heavy (non-hydrogen) atoms. The lowest BCUT2D eigenvalue weighted by Crippen LogP contribution is -2.24. The highest BCUT2D eigenvalue weighted by atomic mass is 79.9. The molecule has 0 fully saturated rings. The van der Waals surface area contributed by atoms with Crippen LogP contribution in [0.2, 0.25) is 0 Å². The molecule has 6 heteroatoms. The Morgan fingerprint density at radius 1 is 1.38 bits per heavy atom. The van der Waals surface area contributed by atoms with Crippen LogP contribution in [-0.2, 0) is 4.79 Å². The molecule has 1 heterocycles. The number of hydrogen-bond acceptors (Lipinski definition) is 4. The largest absolute Gasteiger partial charge is 0.483 e. The number of ether oxygens (including phenoxy) is 1. The Labute approximate surface area is 131 Å². The molecule has 0 bridgehead atoms. The quantitative estimate of drug-likeness (QED) is 0.665. The highest BCUT2D eigenvalue weighted by Gasteiger charge is 2.05. The normalized spacial score (nSPS) is 10.8. The van der Waals surface area contributed by atoms with E-state index < -0.39 is 0 Å². The van der Waals surface area contributed by atoms with Crippen molar-refractivity contribution in [3.8, 4) is 5.75 Å². The van der Waals surface area contributed by atoms with E-state index in [9.17, 15) is 4.79 Å². The molecule has 2 rings (SSSR count). The van der Waals surface area contributed by atoms with Crippen LogP contribution in [0.3, 0.4) is 0 Å². The number of carbonyl (C=O) groups excluding carboxylic acids is 1. The number of amides is 1. The molecule has 0 saturated carbocycles. The SMILES string of the molecule is Cc1cccc(OCC(=O)NN=Cc2ccc(Br)o2)c1C. The van der Waals surface area contributed by atoms with Crippen LogP contribution in [-0.4, -0.2) is 18.7 Å². The van der Waals surface area contributed by atoms with Crippen molar-refractivity contribution in [1.29, 1.82) is 0 Å². The van der Waals surface area contributed by atoms with Gasteiger partial charge in [0.15, 0.2) is 11.3 Å². The molecule has 1 aromatic carbocycles. The van der Waals surface area contributed by atoms with E-state index in [-0.39, 0.29) is 12.5 Å². The van der Waals surface area contributed by atoms with Crippen LogP contribution < -0.4 is 10.2 Å². The average molecular weight is 351 g/mol. The van der Waals surface area contributed by atoms with Crippen LogP contribution in [0.15, 0.2) is 44.5 Å². The van der Waals surface area contributed by atoms with Gasteiger partial charge in [-0.05, 0) is 59.1 Å². The Hall–Kier alpha value is -2.08. The first-order valence-corrected chi connectivity index (χ1v) is 7.12. The summed E-state index contributed by atoms with van der Waals surface area (Å²) in [6, 6.07) is 9.19. The Balaban J connectivity index is 1.82. The number of hydrogen-bond donors (Lipinski definition) is 1. The van der Waals surface area contributed by atoms with Crippen molar-refractivity contribution < 1.29 is 13.9 Å². The zero-order valence-corrected chi connectivity index (χ0v) is 13.3. The third-order valence-electron chi connectivity index (χ3n) is 2.89. The van der Waals surface area contributed by atoms with E-state index in [1.807, 2.05) is 32.0 Å². The molecule has 1 N–H and O–H groups in total. The minimum Gasteiger partial charge on any atom is -0.483 e. The molecule has 0 saturated heterocycles. The fraction of sp³-hybridized carbons (Fsp3) is 0.200. The fourth-order valence-electron chi connectivity index (χ4n) is 1.62. The van der Waals surface area contributed by atoms with Gasteiger partial charge < -0.3 is 9.15 Å². The lowest BCUT2D eigenvalue weighted by Gasteiger charge is -2.09. The second kappa shape index (κ2) is 7.08. The Morgan fingerprint density at radius 3 is 2.90 bits per heavy atom. The van der Waals surface area contributed by atoms with Gasteiger partial charge in [-0.25, -0.2) is 5.43 Å². The van der Waals surface area contributed by atoms with E-state index in [1.165, 1.54) is 6.21 Å². The first-order chi connectivity index (χ1) is 10.1. The van der Waals surface area contributed by atoms with E-state index in [0.717, 1.165) is 11.1 Å². The Morgan fingerprint density at radius 2 is 2.19 bits per heavy atom. The molecule has 0 aliphatic carbocycles. The molecule has 110 valence electrons. The van der Waals surface area contributed by atoms with E-state index in [4.69, 9.17) is 9.15 Å². The van der Waals surface area contributed by atoms with Crippen LogP contribution >= 0.6 is 15.9 Å². The average Bonchev–Trinajstić information content (AvgIpc) is 2.86. The van der Waals surface area contributed by atoms with Gasteiger partial charge in [0, 0.05) is 0 Å². The zero-order valence-electron chi connectivity index (χ0n) is 11.7. The number of hydrazone groups is 1. The minimum absolute atomic E-state index is 0.0938. The summed E-state index contributed by atoms with van der Waals surface area (Å²) in [7, 11) is 0. The predicted octanol–water partition coefficient (Wildman–Crippen LogP) is 3.19. The molecular weight excluding hydrogens is 336 g/mol. The van der Waals surface area contributed by atoms with Crippen LogP contribution in [0, 0.1) is 13.8 Å². The molecule has 0 aliphatic heterocycles. The summed E-state index contributed by atoms with van der Waals surface area (Å²) >= 11 is 3.18. The number of furan rings is 1. The molecule has 2 aromatic rings. The van der Waals surface area contributed by atoms with Gasteiger partial charge in [0.05, 0.1) is 6.21 Å². The summed E-state index contributed by atoms with van der Waals surface area (Å²) in [6.07, 6.45) is 1.42. The summed E-state index contributed by atoms with van der Waals surface area (Å²) in [5.41, 5.74) is 4.52. The maximum Gasteiger partial charge on any atom is 0.277 e. The van der Waals surface area contributed by atoms with Gasteiger partial charge in [-0.15, -0.1) is 0 Å². The van der Waals surface area contributed by atoms with E-state index in [1.54, 1.807) is 12.1 Å². The summed E-state index contributed by atoms with van der Waals surface area (Å²) in [4.78, 5) is 11.6. The van der Waals surface area contributed by atoms with Crippen LogP contribution in [0.25, 0.3) is 0 Å². The number of halogens is 1. The second-order valence-electron chi connectivity index (χ2n) is 4.42. The molecule has 1 amide bonds. The Kier molecular flexibility index (Phi) is 5.16. The topological polar surface area (TPSA) is 63.8 Å². The lowest BCUT2D eigenvalue weighted by atomic mass is 10.1. The van der Waals surface area contributed by atoms with E-state index in [0.29, 0.717) is 16.2 Å². The summed E-state index contributed by atoms with van der Waals surface area (Å²) < 4.78 is 11.3. The Bertz CT molecular complexity index is 665. The lowest BCUT2D eigenvalue weighted by molar-refractivity contribution is -0.123. The monoisotopic (exact) mass is 350 g/mol. The van der Waals surface area contributed by atoms with Gasteiger partial charge in [0.1, 0.15) is 11.5 Å². The maximum absolute atomic E-state index is 11.6. The maximum atomic E-state index is 11.6. The van der Waals surface area contributed by atoms with Gasteiger partial charge in [-0.1, -0.05) is 12.1 Å². The number of benzene rings is 1. The van der Waals surface area contributed by atoms with Gasteiger partial charge in [0.25, 0.3) is 5.91 Å². The third kappa shape index (κ3) is 4.46. The van der Waals surface area contributed by atoms with Crippen LogP contribution in [0.4, 0.5) is 0 Å². The molecule has 5 nitrogen and oxygen atoms in total. The van der Waals surface area contributed by atoms with Gasteiger partial charge in [-0.3, -0.25) is 4.79 Å². The number of nitrogens with one attached hydrogen (secondary N) is 1. The van der Waals surface area contributed by atoms with E-state index >= 15 is 0 Å². The summed E-state index contributed by atoms with van der Waals surface area (Å²) in [5.74, 6) is 0.902.